The molecule has 0 saturated carbocycles. The molecule has 2 amide bonds. The summed E-state index contributed by atoms with van der Waals surface area (Å²) in [7, 11) is 0. The fourth-order valence-corrected chi connectivity index (χ4v) is 2.33. The number of anilines is 2. The van der Waals surface area contributed by atoms with Crippen LogP contribution in [0.2, 0.25) is 0 Å². The van der Waals surface area contributed by atoms with Crippen LogP contribution in [-0.4, -0.2) is 29.9 Å². The van der Waals surface area contributed by atoms with Crippen LogP contribution >= 0.6 is 0 Å². The molecule has 2 heterocycles. The van der Waals surface area contributed by atoms with Gasteiger partial charge in [-0.05, 0) is 37.3 Å². The van der Waals surface area contributed by atoms with Crippen LogP contribution in [-0.2, 0) is 4.79 Å². The fraction of sp³-hybridized carbons (Fsp3) is 0.188. The fourth-order valence-electron chi connectivity index (χ4n) is 2.33. The molecular formula is C16H15N3O3. The van der Waals surface area contributed by atoms with Crippen molar-refractivity contribution in [3.05, 3.63) is 48.3 Å². The number of benzene rings is 1. The molecule has 0 aliphatic carbocycles. The standard InChI is InChI=1S/C16H15N3O3/c1-2-19-13-9-12(3-4-14(13)22-10-15(19)20)18-16(21)11-5-7-17-8-6-11/h3-9H,2,10H2,1H3,(H,18,21). The Hall–Kier alpha value is -2.89. The molecule has 2 aromatic rings. The van der Waals surface area contributed by atoms with Crippen LogP contribution in [0.4, 0.5) is 11.4 Å². The van der Waals surface area contributed by atoms with Crippen LogP contribution in [0.1, 0.15) is 17.3 Å². The number of aromatic nitrogens is 1. The van der Waals surface area contributed by atoms with Crippen molar-refractivity contribution in [2.45, 2.75) is 6.92 Å². The number of nitrogens with one attached hydrogen (secondary N) is 1. The number of rotatable bonds is 3. The predicted octanol–water partition coefficient (Wildman–Crippen LogP) is 2.08. The van der Waals surface area contributed by atoms with Gasteiger partial charge in [0.25, 0.3) is 11.8 Å². The Morgan fingerprint density at radius 1 is 1.32 bits per heavy atom. The largest absolute Gasteiger partial charge is 0.482 e. The Kier molecular flexibility index (Phi) is 3.74. The molecule has 1 N–H and O–H groups in total. The molecule has 6 nitrogen and oxygen atoms in total. The monoisotopic (exact) mass is 297 g/mol. The number of carbonyl (C=O) groups excluding carboxylic acids is 2. The van der Waals surface area contributed by atoms with Gasteiger partial charge >= 0.3 is 0 Å². The minimum Gasteiger partial charge on any atom is -0.482 e. The first-order valence-corrected chi connectivity index (χ1v) is 6.97. The van der Waals surface area contributed by atoms with Gasteiger partial charge in [-0.25, -0.2) is 0 Å². The van der Waals surface area contributed by atoms with Crippen molar-refractivity contribution >= 4 is 23.2 Å². The first kappa shape index (κ1) is 14.1. The van der Waals surface area contributed by atoms with Crippen molar-refractivity contribution in [3.8, 4) is 5.75 Å². The van der Waals surface area contributed by atoms with Crippen LogP contribution in [0.3, 0.4) is 0 Å². The van der Waals surface area contributed by atoms with E-state index in [1.165, 1.54) is 0 Å². The van der Waals surface area contributed by atoms with E-state index in [-0.39, 0.29) is 18.4 Å². The van der Waals surface area contributed by atoms with E-state index in [1.807, 2.05) is 6.92 Å². The van der Waals surface area contributed by atoms with Gasteiger partial charge in [0.2, 0.25) is 0 Å². The number of fused-ring (bicyclic) bond motifs is 1. The van der Waals surface area contributed by atoms with E-state index >= 15 is 0 Å². The zero-order chi connectivity index (χ0) is 15.5. The van der Waals surface area contributed by atoms with Gasteiger partial charge in [-0.1, -0.05) is 0 Å². The van der Waals surface area contributed by atoms with Crippen molar-refractivity contribution in [1.29, 1.82) is 0 Å². The molecule has 1 aliphatic heterocycles. The Morgan fingerprint density at radius 2 is 2.09 bits per heavy atom. The van der Waals surface area contributed by atoms with E-state index in [0.29, 0.717) is 29.2 Å². The first-order valence-electron chi connectivity index (χ1n) is 6.97. The van der Waals surface area contributed by atoms with Gasteiger partial charge in [0, 0.05) is 30.2 Å². The topological polar surface area (TPSA) is 71.5 Å². The molecule has 0 radical (unpaired) electrons. The van der Waals surface area contributed by atoms with Crippen LogP contribution in [0.25, 0.3) is 0 Å². The first-order chi connectivity index (χ1) is 10.7. The molecule has 0 bridgehead atoms. The molecule has 0 atom stereocenters. The lowest BCUT2D eigenvalue weighted by molar-refractivity contribution is -0.121. The minimum atomic E-state index is -0.228. The second kappa shape index (κ2) is 5.85. The smallest absolute Gasteiger partial charge is 0.265 e. The predicted molar refractivity (Wildman–Crippen MR) is 82.2 cm³/mol. The van der Waals surface area contributed by atoms with Gasteiger partial charge in [0.05, 0.1) is 5.69 Å². The summed E-state index contributed by atoms with van der Waals surface area (Å²) < 4.78 is 5.40. The highest BCUT2D eigenvalue weighted by atomic mass is 16.5. The third-order valence-electron chi connectivity index (χ3n) is 3.42. The molecule has 0 saturated heterocycles. The number of ether oxygens (including phenoxy) is 1. The number of hydrogen-bond donors (Lipinski definition) is 1. The molecule has 6 heteroatoms. The molecule has 0 unspecified atom stereocenters. The van der Waals surface area contributed by atoms with Crippen LogP contribution in [0.5, 0.6) is 5.75 Å². The number of amides is 2. The highest BCUT2D eigenvalue weighted by molar-refractivity contribution is 6.05. The third kappa shape index (κ3) is 2.63. The summed E-state index contributed by atoms with van der Waals surface area (Å²) in [5, 5.41) is 2.81. The van der Waals surface area contributed by atoms with Gasteiger partial charge in [0.1, 0.15) is 5.75 Å². The molecule has 1 aliphatic rings. The van der Waals surface area contributed by atoms with Gasteiger partial charge in [0.15, 0.2) is 6.61 Å². The van der Waals surface area contributed by atoms with E-state index < -0.39 is 0 Å². The lowest BCUT2D eigenvalue weighted by Gasteiger charge is -2.28. The van der Waals surface area contributed by atoms with E-state index in [9.17, 15) is 9.59 Å². The summed E-state index contributed by atoms with van der Waals surface area (Å²) in [5.41, 5.74) is 1.80. The van der Waals surface area contributed by atoms with Crippen molar-refractivity contribution < 1.29 is 14.3 Å². The maximum absolute atomic E-state index is 12.1. The second-order valence-electron chi connectivity index (χ2n) is 4.80. The van der Waals surface area contributed by atoms with Crippen LogP contribution in [0.15, 0.2) is 42.7 Å². The number of nitrogens with zero attached hydrogens (tertiary/aromatic N) is 2. The Morgan fingerprint density at radius 3 is 2.82 bits per heavy atom. The molecule has 112 valence electrons. The summed E-state index contributed by atoms with van der Waals surface area (Å²) >= 11 is 0. The van der Waals surface area contributed by atoms with Crippen molar-refractivity contribution in [3.63, 3.8) is 0 Å². The number of likely N-dealkylation sites (N-methyl/N-ethyl adjacent to an activating group) is 1. The molecule has 22 heavy (non-hydrogen) atoms. The maximum Gasteiger partial charge on any atom is 0.265 e. The minimum absolute atomic E-state index is 0.0452. The highest BCUT2D eigenvalue weighted by Crippen LogP contribution is 2.34. The summed E-state index contributed by atoms with van der Waals surface area (Å²) in [5.74, 6) is 0.324. The highest BCUT2D eigenvalue weighted by Gasteiger charge is 2.24. The maximum atomic E-state index is 12.1. The number of pyridine rings is 1. The second-order valence-corrected chi connectivity index (χ2v) is 4.80. The van der Waals surface area contributed by atoms with E-state index in [4.69, 9.17) is 4.74 Å². The molecule has 0 spiro atoms. The summed E-state index contributed by atoms with van der Waals surface area (Å²) in [4.78, 5) is 29.5. The Bertz CT molecular complexity index is 716. The van der Waals surface area contributed by atoms with E-state index in [2.05, 4.69) is 10.3 Å². The molecule has 1 aromatic heterocycles. The normalized spacial score (nSPS) is 13.3. The van der Waals surface area contributed by atoms with E-state index in [1.54, 1.807) is 47.6 Å². The lowest BCUT2D eigenvalue weighted by atomic mass is 10.2. The quantitative estimate of drug-likeness (QED) is 0.941. The van der Waals surface area contributed by atoms with Gasteiger partial charge < -0.3 is 15.0 Å². The SMILES string of the molecule is CCN1C(=O)COc2ccc(NC(=O)c3ccncc3)cc21. The zero-order valence-electron chi connectivity index (χ0n) is 12.1. The summed E-state index contributed by atoms with van der Waals surface area (Å²) in [6.07, 6.45) is 3.13. The Labute approximate surface area is 127 Å². The van der Waals surface area contributed by atoms with Crippen LogP contribution in [0, 0.1) is 0 Å². The van der Waals surface area contributed by atoms with Crippen LogP contribution < -0.4 is 15.0 Å². The van der Waals surface area contributed by atoms with Gasteiger partial charge in [-0.2, -0.15) is 0 Å². The molecular weight excluding hydrogens is 282 g/mol. The van der Waals surface area contributed by atoms with Crippen molar-refractivity contribution in [2.24, 2.45) is 0 Å². The summed E-state index contributed by atoms with van der Waals surface area (Å²) in [6.45, 7) is 2.50. The molecule has 3 rings (SSSR count). The van der Waals surface area contributed by atoms with Gasteiger partial charge in [-0.15, -0.1) is 0 Å². The number of carbonyl (C=O) groups is 2. The van der Waals surface area contributed by atoms with E-state index in [0.717, 1.165) is 0 Å². The van der Waals surface area contributed by atoms with Crippen molar-refractivity contribution in [1.82, 2.24) is 4.98 Å². The molecule has 0 fully saturated rings. The summed E-state index contributed by atoms with van der Waals surface area (Å²) in [6, 6.07) is 8.53. The zero-order valence-corrected chi connectivity index (χ0v) is 12.1. The number of hydrogen-bond acceptors (Lipinski definition) is 4. The average molecular weight is 297 g/mol. The Balaban J connectivity index is 1.86. The third-order valence-corrected chi connectivity index (χ3v) is 3.42. The van der Waals surface area contributed by atoms with Crippen molar-refractivity contribution in [2.75, 3.05) is 23.4 Å². The lowest BCUT2D eigenvalue weighted by Crippen LogP contribution is -2.38. The average Bonchev–Trinajstić information content (AvgIpc) is 2.55. The molecule has 1 aromatic carbocycles. The van der Waals surface area contributed by atoms with Gasteiger partial charge in [-0.3, -0.25) is 14.6 Å².